The molecule has 1 heterocycles. The van der Waals surface area contributed by atoms with Crippen LogP contribution < -0.4 is 5.32 Å². The predicted molar refractivity (Wildman–Crippen MR) is 68.3 cm³/mol. The van der Waals surface area contributed by atoms with E-state index < -0.39 is 0 Å². The van der Waals surface area contributed by atoms with Gasteiger partial charge in [0.25, 0.3) is 0 Å². The van der Waals surface area contributed by atoms with Gasteiger partial charge in [0.1, 0.15) is 17.2 Å². The monoisotopic (exact) mass is 231 g/mol. The van der Waals surface area contributed by atoms with Gasteiger partial charge in [0.15, 0.2) is 0 Å². The van der Waals surface area contributed by atoms with Crippen molar-refractivity contribution in [1.82, 2.24) is 9.97 Å². The van der Waals surface area contributed by atoms with Gasteiger partial charge >= 0.3 is 0 Å². The van der Waals surface area contributed by atoms with E-state index in [4.69, 9.17) is 0 Å². The van der Waals surface area contributed by atoms with E-state index in [0.29, 0.717) is 0 Å². The van der Waals surface area contributed by atoms with Crippen molar-refractivity contribution in [2.45, 2.75) is 11.9 Å². The molecule has 16 heavy (non-hydrogen) atoms. The Labute approximate surface area is 99.3 Å². The molecule has 1 aromatic heterocycles. The Morgan fingerprint density at radius 1 is 1.12 bits per heavy atom. The average Bonchev–Trinajstić information content (AvgIpc) is 2.33. The van der Waals surface area contributed by atoms with Gasteiger partial charge in [-0.25, -0.2) is 9.97 Å². The Hall–Kier alpha value is -1.55. The van der Waals surface area contributed by atoms with Gasteiger partial charge in [0.05, 0.1) is 0 Å². The Balaban J connectivity index is 2.28. The molecule has 0 atom stereocenters. The van der Waals surface area contributed by atoms with Crippen molar-refractivity contribution in [2.75, 3.05) is 11.6 Å². The van der Waals surface area contributed by atoms with Gasteiger partial charge in [-0.1, -0.05) is 18.2 Å². The summed E-state index contributed by atoms with van der Waals surface area (Å²) in [5.74, 6) is 0.866. The second kappa shape index (κ2) is 4.99. The molecule has 0 amide bonds. The van der Waals surface area contributed by atoms with Crippen LogP contribution in [-0.2, 0) is 0 Å². The highest BCUT2D eigenvalue weighted by Crippen LogP contribution is 2.23. The predicted octanol–water partition coefficient (Wildman–Crippen LogP) is 3.25. The number of hydrogen-bond acceptors (Lipinski definition) is 4. The fourth-order valence-electron chi connectivity index (χ4n) is 1.42. The minimum absolute atomic E-state index is 0.866. The van der Waals surface area contributed by atoms with Crippen LogP contribution in [0, 0.1) is 6.92 Å². The Morgan fingerprint density at radius 2 is 1.88 bits per heavy atom. The number of aromatic nitrogens is 2. The van der Waals surface area contributed by atoms with Crippen LogP contribution in [-0.4, -0.2) is 16.2 Å². The van der Waals surface area contributed by atoms with E-state index in [2.05, 4.69) is 15.3 Å². The topological polar surface area (TPSA) is 37.8 Å². The molecule has 0 aliphatic carbocycles. The standard InChI is InChI=1S/C12H13N3S/c1-9-11(13-8-14-12(9)16-2)15-10-6-4-3-5-7-10/h3-8H,1-2H3,(H,13,14,15). The molecule has 0 radical (unpaired) electrons. The van der Waals surface area contributed by atoms with Crippen LogP contribution >= 0.6 is 11.8 Å². The van der Waals surface area contributed by atoms with Gasteiger partial charge in [-0.3, -0.25) is 0 Å². The third-order valence-electron chi connectivity index (χ3n) is 2.27. The summed E-state index contributed by atoms with van der Waals surface area (Å²) in [6, 6.07) is 10.0. The van der Waals surface area contributed by atoms with E-state index in [1.807, 2.05) is 43.5 Å². The first-order valence-corrected chi connectivity index (χ1v) is 6.21. The lowest BCUT2D eigenvalue weighted by Crippen LogP contribution is -1.98. The molecule has 3 nitrogen and oxygen atoms in total. The number of hydrogen-bond donors (Lipinski definition) is 1. The van der Waals surface area contributed by atoms with Crippen LogP contribution in [0.15, 0.2) is 41.7 Å². The number of benzene rings is 1. The first-order valence-electron chi connectivity index (χ1n) is 4.99. The van der Waals surface area contributed by atoms with Gasteiger partial charge in [0.2, 0.25) is 0 Å². The number of nitrogens with zero attached hydrogens (tertiary/aromatic N) is 2. The van der Waals surface area contributed by atoms with Crippen LogP contribution in [0.25, 0.3) is 0 Å². The molecule has 1 N–H and O–H groups in total. The van der Waals surface area contributed by atoms with Crippen LogP contribution in [0.1, 0.15) is 5.56 Å². The van der Waals surface area contributed by atoms with Gasteiger partial charge in [-0.15, -0.1) is 11.8 Å². The molecule has 0 fully saturated rings. The van der Waals surface area contributed by atoms with Gasteiger partial charge < -0.3 is 5.32 Å². The highest BCUT2D eigenvalue weighted by Gasteiger charge is 2.05. The van der Waals surface area contributed by atoms with E-state index in [-0.39, 0.29) is 0 Å². The van der Waals surface area contributed by atoms with Crippen LogP contribution in [0.4, 0.5) is 11.5 Å². The molecule has 0 aliphatic heterocycles. The minimum atomic E-state index is 0.866. The van der Waals surface area contributed by atoms with Crippen molar-refractivity contribution >= 4 is 23.3 Å². The molecule has 2 rings (SSSR count). The van der Waals surface area contributed by atoms with Crippen molar-refractivity contribution < 1.29 is 0 Å². The number of nitrogens with one attached hydrogen (secondary N) is 1. The first kappa shape index (κ1) is 11.0. The molecule has 0 bridgehead atoms. The highest BCUT2D eigenvalue weighted by molar-refractivity contribution is 7.98. The molecule has 82 valence electrons. The van der Waals surface area contributed by atoms with E-state index in [0.717, 1.165) is 22.1 Å². The Morgan fingerprint density at radius 3 is 2.56 bits per heavy atom. The zero-order chi connectivity index (χ0) is 11.4. The van der Waals surface area contributed by atoms with Crippen LogP contribution in [0.5, 0.6) is 0 Å². The Bertz CT molecular complexity index is 471. The summed E-state index contributed by atoms with van der Waals surface area (Å²) >= 11 is 1.63. The van der Waals surface area contributed by atoms with Crippen molar-refractivity contribution in [1.29, 1.82) is 0 Å². The number of thioether (sulfide) groups is 1. The molecule has 0 unspecified atom stereocenters. The van der Waals surface area contributed by atoms with Gasteiger partial charge in [-0.2, -0.15) is 0 Å². The summed E-state index contributed by atoms with van der Waals surface area (Å²) < 4.78 is 0. The maximum atomic E-state index is 4.25. The van der Waals surface area contributed by atoms with E-state index >= 15 is 0 Å². The van der Waals surface area contributed by atoms with E-state index in [1.165, 1.54) is 0 Å². The lowest BCUT2D eigenvalue weighted by Gasteiger charge is -2.09. The third kappa shape index (κ3) is 2.33. The number of anilines is 2. The zero-order valence-corrected chi connectivity index (χ0v) is 10.1. The number of rotatable bonds is 3. The fraction of sp³-hybridized carbons (Fsp3) is 0.167. The molecule has 0 spiro atoms. The van der Waals surface area contributed by atoms with E-state index in [1.54, 1.807) is 18.1 Å². The minimum Gasteiger partial charge on any atom is -0.340 e. The second-order valence-electron chi connectivity index (χ2n) is 3.35. The van der Waals surface area contributed by atoms with E-state index in [9.17, 15) is 0 Å². The molecule has 0 saturated heterocycles. The fourth-order valence-corrected chi connectivity index (χ4v) is 1.98. The smallest absolute Gasteiger partial charge is 0.137 e. The van der Waals surface area contributed by atoms with Crippen molar-refractivity contribution in [2.24, 2.45) is 0 Å². The summed E-state index contributed by atoms with van der Waals surface area (Å²) in [6.07, 6.45) is 3.60. The summed E-state index contributed by atoms with van der Waals surface area (Å²) in [6.45, 7) is 2.02. The lowest BCUT2D eigenvalue weighted by atomic mass is 10.3. The van der Waals surface area contributed by atoms with Crippen LogP contribution in [0.2, 0.25) is 0 Å². The zero-order valence-electron chi connectivity index (χ0n) is 9.27. The molecule has 0 saturated carbocycles. The number of para-hydroxylation sites is 1. The third-order valence-corrected chi connectivity index (χ3v) is 3.07. The van der Waals surface area contributed by atoms with Gasteiger partial charge in [0, 0.05) is 11.3 Å². The normalized spacial score (nSPS) is 10.1. The quantitative estimate of drug-likeness (QED) is 0.650. The largest absolute Gasteiger partial charge is 0.340 e. The maximum absolute atomic E-state index is 4.25. The average molecular weight is 231 g/mol. The van der Waals surface area contributed by atoms with Gasteiger partial charge in [-0.05, 0) is 25.3 Å². The Kier molecular flexibility index (Phi) is 3.41. The highest BCUT2D eigenvalue weighted by atomic mass is 32.2. The van der Waals surface area contributed by atoms with Crippen molar-refractivity contribution in [3.63, 3.8) is 0 Å². The molecular formula is C12H13N3S. The molecular weight excluding hydrogens is 218 g/mol. The second-order valence-corrected chi connectivity index (χ2v) is 4.14. The molecule has 2 aromatic rings. The summed E-state index contributed by atoms with van der Waals surface area (Å²) in [4.78, 5) is 8.46. The molecule has 1 aromatic carbocycles. The molecule has 0 aliphatic rings. The maximum Gasteiger partial charge on any atom is 0.137 e. The lowest BCUT2D eigenvalue weighted by molar-refractivity contribution is 1.01. The van der Waals surface area contributed by atoms with Crippen molar-refractivity contribution in [3.8, 4) is 0 Å². The van der Waals surface area contributed by atoms with Crippen molar-refractivity contribution in [3.05, 3.63) is 42.2 Å². The van der Waals surface area contributed by atoms with Crippen LogP contribution in [0.3, 0.4) is 0 Å². The first-order chi connectivity index (χ1) is 7.81. The summed E-state index contributed by atoms with van der Waals surface area (Å²) in [5.41, 5.74) is 2.12. The molecule has 4 heteroatoms. The summed E-state index contributed by atoms with van der Waals surface area (Å²) in [5, 5.41) is 4.29. The summed E-state index contributed by atoms with van der Waals surface area (Å²) in [7, 11) is 0. The SMILES string of the molecule is CSc1ncnc(Nc2ccccc2)c1C.